The van der Waals surface area contributed by atoms with E-state index in [4.69, 9.17) is 21.4 Å². The predicted molar refractivity (Wildman–Crippen MR) is 65.8 cm³/mol. The fourth-order valence-electron chi connectivity index (χ4n) is 1.33. The molecule has 0 saturated carbocycles. The standard InChI is InChI=1S/C10H12ClNO5S/c1-12(2)18(15,16)8-5-6(11)4-7(10(13)14)9(8)17-3/h4-5H,1-3H3,(H,13,14). The van der Waals surface area contributed by atoms with Crippen LogP contribution in [0.15, 0.2) is 17.0 Å². The van der Waals surface area contributed by atoms with E-state index in [0.717, 1.165) is 16.4 Å². The number of benzene rings is 1. The van der Waals surface area contributed by atoms with Crippen LogP contribution < -0.4 is 4.74 Å². The Morgan fingerprint density at radius 3 is 2.33 bits per heavy atom. The summed E-state index contributed by atoms with van der Waals surface area (Å²) in [6.07, 6.45) is 0. The Hall–Kier alpha value is -1.31. The molecule has 0 saturated heterocycles. The molecule has 0 fully saturated rings. The van der Waals surface area contributed by atoms with Crippen molar-refractivity contribution in [3.05, 3.63) is 22.7 Å². The minimum atomic E-state index is -3.84. The fourth-order valence-corrected chi connectivity index (χ4v) is 2.71. The van der Waals surface area contributed by atoms with Crippen molar-refractivity contribution in [2.24, 2.45) is 0 Å². The molecule has 0 aliphatic rings. The number of halogens is 1. The van der Waals surface area contributed by atoms with Crippen LogP contribution in [0.3, 0.4) is 0 Å². The topological polar surface area (TPSA) is 83.9 Å². The maximum atomic E-state index is 12.0. The van der Waals surface area contributed by atoms with Crippen LogP contribution in [0.5, 0.6) is 5.75 Å². The van der Waals surface area contributed by atoms with Crippen molar-refractivity contribution >= 4 is 27.6 Å². The summed E-state index contributed by atoms with van der Waals surface area (Å²) in [5, 5.41) is 9.01. The second kappa shape index (κ2) is 5.13. The molecule has 0 heterocycles. The Balaban J connectivity index is 3.69. The molecule has 0 aliphatic heterocycles. The summed E-state index contributed by atoms with van der Waals surface area (Å²) in [6, 6.07) is 2.29. The lowest BCUT2D eigenvalue weighted by Gasteiger charge is -2.16. The fraction of sp³-hybridized carbons (Fsp3) is 0.300. The Morgan fingerprint density at radius 1 is 1.39 bits per heavy atom. The second-order valence-electron chi connectivity index (χ2n) is 3.58. The van der Waals surface area contributed by atoms with Gasteiger partial charge in [-0.05, 0) is 12.1 Å². The predicted octanol–water partition coefficient (Wildman–Crippen LogP) is 1.30. The summed E-state index contributed by atoms with van der Waals surface area (Å²) in [4.78, 5) is 10.8. The van der Waals surface area contributed by atoms with Gasteiger partial charge in [0.25, 0.3) is 0 Å². The monoisotopic (exact) mass is 293 g/mol. The molecule has 6 nitrogen and oxygen atoms in total. The summed E-state index contributed by atoms with van der Waals surface area (Å²) >= 11 is 5.73. The first-order valence-corrected chi connectivity index (χ1v) is 6.57. The zero-order chi connectivity index (χ0) is 14.1. The highest BCUT2D eigenvalue weighted by atomic mass is 35.5. The first-order valence-electron chi connectivity index (χ1n) is 4.75. The van der Waals surface area contributed by atoms with Crippen LogP contribution >= 0.6 is 11.6 Å². The van der Waals surface area contributed by atoms with Crippen LogP contribution in [0.4, 0.5) is 0 Å². The number of nitrogens with zero attached hydrogens (tertiary/aromatic N) is 1. The summed E-state index contributed by atoms with van der Waals surface area (Å²) in [6.45, 7) is 0. The van der Waals surface area contributed by atoms with E-state index >= 15 is 0 Å². The largest absolute Gasteiger partial charge is 0.494 e. The molecule has 0 aliphatic carbocycles. The molecule has 0 amide bonds. The van der Waals surface area contributed by atoms with Crippen molar-refractivity contribution in [2.45, 2.75) is 4.90 Å². The van der Waals surface area contributed by atoms with Crippen LogP contribution in [-0.2, 0) is 10.0 Å². The number of carbonyl (C=O) groups is 1. The first kappa shape index (κ1) is 14.7. The van der Waals surface area contributed by atoms with Gasteiger partial charge in [0.2, 0.25) is 10.0 Å². The third-order valence-corrected chi connectivity index (χ3v) is 4.25. The van der Waals surface area contributed by atoms with Gasteiger partial charge in [-0.25, -0.2) is 17.5 Å². The molecule has 1 rings (SSSR count). The van der Waals surface area contributed by atoms with Gasteiger partial charge in [-0.1, -0.05) is 11.6 Å². The van der Waals surface area contributed by atoms with Gasteiger partial charge in [-0.15, -0.1) is 0 Å². The van der Waals surface area contributed by atoms with E-state index in [1.807, 2.05) is 0 Å². The Bertz CT molecular complexity index is 582. The molecular formula is C10H12ClNO5S. The van der Waals surface area contributed by atoms with E-state index < -0.39 is 16.0 Å². The van der Waals surface area contributed by atoms with Gasteiger partial charge < -0.3 is 9.84 Å². The van der Waals surface area contributed by atoms with E-state index in [-0.39, 0.29) is 21.2 Å². The van der Waals surface area contributed by atoms with Crippen LogP contribution in [0.1, 0.15) is 10.4 Å². The maximum Gasteiger partial charge on any atom is 0.339 e. The number of aromatic carboxylic acids is 1. The van der Waals surface area contributed by atoms with Crippen molar-refractivity contribution in [2.75, 3.05) is 21.2 Å². The van der Waals surface area contributed by atoms with Gasteiger partial charge in [0.15, 0.2) is 5.75 Å². The first-order chi connectivity index (χ1) is 8.21. The number of carboxylic acid groups (broad SMARTS) is 1. The van der Waals surface area contributed by atoms with Crippen molar-refractivity contribution in [3.63, 3.8) is 0 Å². The molecule has 18 heavy (non-hydrogen) atoms. The van der Waals surface area contributed by atoms with Crippen LogP contribution in [-0.4, -0.2) is 45.0 Å². The Kier molecular flexibility index (Phi) is 4.20. The van der Waals surface area contributed by atoms with Crippen LogP contribution in [0.25, 0.3) is 0 Å². The quantitative estimate of drug-likeness (QED) is 0.904. The van der Waals surface area contributed by atoms with E-state index in [9.17, 15) is 13.2 Å². The lowest BCUT2D eigenvalue weighted by molar-refractivity contribution is 0.0693. The van der Waals surface area contributed by atoms with Crippen molar-refractivity contribution in [1.82, 2.24) is 4.31 Å². The van der Waals surface area contributed by atoms with Gasteiger partial charge >= 0.3 is 5.97 Å². The molecule has 0 aromatic heterocycles. The molecule has 1 N–H and O–H groups in total. The molecule has 1 aromatic rings. The Morgan fingerprint density at radius 2 is 1.94 bits per heavy atom. The highest BCUT2D eigenvalue weighted by Crippen LogP contribution is 2.33. The van der Waals surface area contributed by atoms with Gasteiger partial charge in [-0.3, -0.25) is 0 Å². The van der Waals surface area contributed by atoms with Crippen molar-refractivity contribution in [3.8, 4) is 5.75 Å². The third-order valence-electron chi connectivity index (χ3n) is 2.21. The Labute approximate surface area is 110 Å². The van der Waals surface area contributed by atoms with Gasteiger partial charge in [0.1, 0.15) is 10.5 Å². The maximum absolute atomic E-state index is 12.0. The number of ether oxygens (including phenoxy) is 1. The van der Waals surface area contributed by atoms with Gasteiger partial charge in [0.05, 0.1) is 7.11 Å². The summed E-state index contributed by atoms with van der Waals surface area (Å²) < 4.78 is 29.9. The minimum Gasteiger partial charge on any atom is -0.494 e. The number of sulfonamides is 1. The van der Waals surface area contributed by atoms with Gasteiger partial charge in [-0.2, -0.15) is 0 Å². The summed E-state index contributed by atoms with van der Waals surface area (Å²) in [5.74, 6) is -1.55. The zero-order valence-electron chi connectivity index (χ0n) is 9.97. The third kappa shape index (κ3) is 2.58. The van der Waals surface area contributed by atoms with E-state index in [1.54, 1.807) is 0 Å². The number of hydrogen-bond donors (Lipinski definition) is 1. The molecule has 0 spiro atoms. The van der Waals surface area contributed by atoms with Crippen LogP contribution in [0.2, 0.25) is 5.02 Å². The number of methoxy groups -OCH3 is 1. The highest BCUT2D eigenvalue weighted by molar-refractivity contribution is 7.89. The number of carboxylic acids is 1. The molecule has 0 atom stereocenters. The van der Waals surface area contributed by atoms with Crippen molar-refractivity contribution < 1.29 is 23.1 Å². The second-order valence-corrected chi connectivity index (χ2v) is 6.13. The average molecular weight is 294 g/mol. The molecule has 0 unspecified atom stereocenters. The SMILES string of the molecule is COc1c(C(=O)O)cc(Cl)cc1S(=O)(=O)N(C)C. The minimum absolute atomic E-state index is 0.00799. The van der Waals surface area contributed by atoms with Crippen LogP contribution in [0, 0.1) is 0 Å². The lowest BCUT2D eigenvalue weighted by Crippen LogP contribution is -2.23. The molecule has 0 bridgehead atoms. The number of rotatable bonds is 4. The molecular weight excluding hydrogens is 282 g/mol. The smallest absolute Gasteiger partial charge is 0.339 e. The normalized spacial score (nSPS) is 11.6. The number of hydrogen-bond acceptors (Lipinski definition) is 4. The average Bonchev–Trinajstić information content (AvgIpc) is 2.27. The summed E-state index contributed by atoms with van der Waals surface area (Å²) in [5.41, 5.74) is -0.301. The van der Waals surface area contributed by atoms with Gasteiger partial charge in [0, 0.05) is 19.1 Å². The zero-order valence-corrected chi connectivity index (χ0v) is 11.5. The lowest BCUT2D eigenvalue weighted by atomic mass is 10.2. The molecule has 100 valence electrons. The van der Waals surface area contributed by atoms with E-state index in [1.165, 1.54) is 21.2 Å². The van der Waals surface area contributed by atoms with Crippen molar-refractivity contribution in [1.29, 1.82) is 0 Å². The molecule has 8 heteroatoms. The molecule has 0 radical (unpaired) electrons. The summed E-state index contributed by atoms with van der Waals surface area (Å²) in [7, 11) is 0.0201. The highest BCUT2D eigenvalue weighted by Gasteiger charge is 2.27. The van der Waals surface area contributed by atoms with E-state index in [2.05, 4.69) is 0 Å². The van der Waals surface area contributed by atoms with E-state index in [0.29, 0.717) is 0 Å². The molecule has 1 aromatic carbocycles.